The molecular weight excluding hydrogens is 252 g/mol. The van der Waals surface area contributed by atoms with Crippen molar-refractivity contribution in [3.05, 3.63) is 0 Å². The minimum Gasteiger partial charge on any atom is -0.468 e. The maximum absolute atomic E-state index is 11.6. The van der Waals surface area contributed by atoms with Gasteiger partial charge in [-0.2, -0.15) is 0 Å². The topological polar surface area (TPSA) is 55.6 Å². The lowest BCUT2D eigenvalue weighted by Crippen LogP contribution is -2.48. The summed E-state index contributed by atoms with van der Waals surface area (Å²) in [5.41, 5.74) is 5.55. The van der Waals surface area contributed by atoms with Gasteiger partial charge >= 0.3 is 5.97 Å². The molecule has 0 spiro atoms. The minimum atomic E-state index is -0.871. The molecule has 0 amide bonds. The van der Waals surface area contributed by atoms with Crippen LogP contribution in [0.4, 0.5) is 0 Å². The lowest BCUT2D eigenvalue weighted by Gasteiger charge is -2.30. The van der Waals surface area contributed by atoms with Gasteiger partial charge in [-0.15, -0.1) is 0 Å². The third-order valence-corrected chi connectivity index (χ3v) is 4.64. The zero-order chi connectivity index (χ0) is 15.4. The van der Waals surface area contributed by atoms with E-state index in [-0.39, 0.29) is 5.97 Å². The van der Waals surface area contributed by atoms with Crippen LogP contribution in [0.25, 0.3) is 0 Å². The molecule has 1 aliphatic heterocycles. The maximum Gasteiger partial charge on any atom is 0.325 e. The number of carbonyl (C=O) groups is 1. The number of likely N-dealkylation sites (tertiary alicyclic amines) is 1. The predicted octanol–water partition coefficient (Wildman–Crippen LogP) is 2.42. The van der Waals surface area contributed by atoms with Crippen molar-refractivity contribution in [2.24, 2.45) is 17.1 Å². The Morgan fingerprint density at radius 2 is 1.90 bits per heavy atom. The van der Waals surface area contributed by atoms with Gasteiger partial charge in [0.15, 0.2) is 0 Å². The van der Waals surface area contributed by atoms with Crippen molar-refractivity contribution >= 4 is 5.97 Å². The first kappa shape index (κ1) is 17.4. The van der Waals surface area contributed by atoms with Gasteiger partial charge in [-0.05, 0) is 57.0 Å². The average molecular weight is 284 g/mol. The van der Waals surface area contributed by atoms with E-state index in [1.54, 1.807) is 6.92 Å². The number of carbonyl (C=O) groups excluding carboxylic acids is 1. The number of ether oxygens (including phenoxy) is 1. The molecule has 1 fully saturated rings. The lowest BCUT2D eigenvalue weighted by atomic mass is 9.77. The number of hydrogen-bond donors (Lipinski definition) is 1. The van der Waals surface area contributed by atoms with Crippen LogP contribution in [0, 0.1) is 11.3 Å². The van der Waals surface area contributed by atoms with Crippen LogP contribution in [0.15, 0.2) is 0 Å². The largest absolute Gasteiger partial charge is 0.468 e. The molecule has 0 radical (unpaired) electrons. The van der Waals surface area contributed by atoms with Gasteiger partial charge in [0.05, 0.1) is 7.11 Å². The first-order valence-electron chi connectivity index (χ1n) is 7.76. The fraction of sp³-hybridized carbons (Fsp3) is 0.938. The van der Waals surface area contributed by atoms with Crippen molar-refractivity contribution in [2.75, 3.05) is 26.7 Å². The van der Waals surface area contributed by atoms with Crippen LogP contribution in [0.1, 0.15) is 53.4 Å². The molecule has 118 valence electrons. The van der Waals surface area contributed by atoms with Gasteiger partial charge in [-0.25, -0.2) is 0 Å². The van der Waals surface area contributed by atoms with E-state index in [2.05, 4.69) is 25.7 Å². The van der Waals surface area contributed by atoms with Gasteiger partial charge in [0.2, 0.25) is 0 Å². The summed E-state index contributed by atoms with van der Waals surface area (Å²) >= 11 is 0. The summed E-state index contributed by atoms with van der Waals surface area (Å²) in [6.45, 7) is 11.9. The van der Waals surface area contributed by atoms with E-state index >= 15 is 0 Å². The third kappa shape index (κ3) is 5.06. The zero-order valence-electron chi connectivity index (χ0n) is 13.9. The van der Waals surface area contributed by atoms with Crippen molar-refractivity contribution in [3.63, 3.8) is 0 Å². The molecule has 4 nitrogen and oxygen atoms in total. The van der Waals surface area contributed by atoms with Crippen LogP contribution >= 0.6 is 0 Å². The average Bonchev–Trinajstić information content (AvgIpc) is 2.60. The number of hydrogen-bond acceptors (Lipinski definition) is 4. The Labute approximate surface area is 124 Å². The molecule has 0 aromatic carbocycles. The molecule has 0 aromatic heterocycles. The fourth-order valence-corrected chi connectivity index (χ4v) is 2.97. The smallest absolute Gasteiger partial charge is 0.325 e. The number of nitrogens with zero attached hydrogens (tertiary/aromatic N) is 1. The summed E-state index contributed by atoms with van der Waals surface area (Å²) in [5.74, 6) is 0.470. The summed E-state index contributed by atoms with van der Waals surface area (Å²) in [6.07, 6.45) is 4.43. The summed E-state index contributed by atoms with van der Waals surface area (Å²) in [5, 5.41) is 0. The molecule has 20 heavy (non-hydrogen) atoms. The Bertz CT molecular complexity index is 321. The van der Waals surface area contributed by atoms with Crippen LogP contribution in [0.2, 0.25) is 0 Å². The molecule has 1 rings (SSSR count). The molecule has 0 aromatic rings. The maximum atomic E-state index is 11.6. The second kappa shape index (κ2) is 6.90. The molecule has 1 aliphatic rings. The zero-order valence-corrected chi connectivity index (χ0v) is 13.9. The van der Waals surface area contributed by atoms with Crippen LogP contribution < -0.4 is 5.73 Å². The van der Waals surface area contributed by atoms with Crippen LogP contribution in [-0.2, 0) is 9.53 Å². The number of nitrogens with two attached hydrogens (primary N) is 1. The van der Waals surface area contributed by atoms with E-state index in [4.69, 9.17) is 10.5 Å². The minimum absolute atomic E-state index is 0.320. The van der Waals surface area contributed by atoms with E-state index in [1.807, 2.05) is 0 Å². The second-order valence-electron chi connectivity index (χ2n) is 7.49. The molecule has 2 N–H and O–H groups in total. The van der Waals surface area contributed by atoms with Gasteiger partial charge in [0.25, 0.3) is 0 Å². The Balaban J connectivity index is 2.45. The fourth-order valence-electron chi connectivity index (χ4n) is 2.97. The highest BCUT2D eigenvalue weighted by molar-refractivity contribution is 5.79. The molecule has 1 heterocycles. The highest BCUT2D eigenvalue weighted by atomic mass is 16.5. The first-order chi connectivity index (χ1) is 9.16. The van der Waals surface area contributed by atoms with E-state index in [0.717, 1.165) is 25.6 Å². The summed E-state index contributed by atoms with van der Waals surface area (Å²) in [4.78, 5) is 14.0. The lowest BCUT2D eigenvalue weighted by molar-refractivity contribution is -0.146. The van der Waals surface area contributed by atoms with Gasteiger partial charge < -0.3 is 15.4 Å². The molecule has 0 aliphatic carbocycles. The molecular formula is C16H32N2O2. The van der Waals surface area contributed by atoms with Gasteiger partial charge in [0.1, 0.15) is 5.54 Å². The molecule has 2 unspecified atom stereocenters. The van der Waals surface area contributed by atoms with Crippen molar-refractivity contribution in [1.82, 2.24) is 4.90 Å². The monoisotopic (exact) mass is 284 g/mol. The van der Waals surface area contributed by atoms with Crippen molar-refractivity contribution in [1.29, 1.82) is 0 Å². The quantitative estimate of drug-likeness (QED) is 0.806. The van der Waals surface area contributed by atoms with E-state index in [1.165, 1.54) is 26.4 Å². The van der Waals surface area contributed by atoms with Crippen molar-refractivity contribution < 1.29 is 9.53 Å². The Kier molecular flexibility index (Phi) is 6.02. The van der Waals surface area contributed by atoms with Crippen LogP contribution in [0.3, 0.4) is 0 Å². The highest BCUT2D eigenvalue weighted by Gasteiger charge is 2.31. The van der Waals surface area contributed by atoms with E-state index in [0.29, 0.717) is 11.8 Å². The Morgan fingerprint density at radius 3 is 2.45 bits per heavy atom. The van der Waals surface area contributed by atoms with E-state index in [9.17, 15) is 4.79 Å². The molecule has 1 saturated heterocycles. The number of rotatable bonds is 4. The second-order valence-corrected chi connectivity index (χ2v) is 7.49. The predicted molar refractivity (Wildman–Crippen MR) is 82.5 cm³/mol. The molecule has 4 heteroatoms. The van der Waals surface area contributed by atoms with Crippen LogP contribution in [0.5, 0.6) is 0 Å². The molecule has 0 saturated carbocycles. The highest BCUT2D eigenvalue weighted by Crippen LogP contribution is 2.34. The standard InChI is InChI=1S/C16H32N2O2/c1-15(2,3)13-7-6-10-18(11-8-13)12-9-16(4,17)14(19)20-5/h13H,6-12,17H2,1-5H3. The number of esters is 1. The first-order valence-corrected chi connectivity index (χ1v) is 7.76. The van der Waals surface area contributed by atoms with Gasteiger partial charge in [-0.1, -0.05) is 20.8 Å². The summed E-state index contributed by atoms with van der Waals surface area (Å²) in [6, 6.07) is 0. The molecule has 0 bridgehead atoms. The Hall–Kier alpha value is -0.610. The summed E-state index contributed by atoms with van der Waals surface area (Å²) in [7, 11) is 1.40. The van der Waals surface area contributed by atoms with Crippen molar-refractivity contribution in [2.45, 2.75) is 58.9 Å². The van der Waals surface area contributed by atoms with Crippen molar-refractivity contribution in [3.8, 4) is 0 Å². The van der Waals surface area contributed by atoms with E-state index < -0.39 is 5.54 Å². The number of methoxy groups -OCH3 is 1. The van der Waals surface area contributed by atoms with Gasteiger partial charge in [-0.3, -0.25) is 4.79 Å². The third-order valence-electron chi connectivity index (χ3n) is 4.64. The SMILES string of the molecule is COC(=O)C(C)(N)CCN1CCCC(C(C)(C)C)CC1. The summed E-state index contributed by atoms with van der Waals surface area (Å²) < 4.78 is 4.76. The van der Waals surface area contributed by atoms with Crippen LogP contribution in [-0.4, -0.2) is 43.2 Å². The Morgan fingerprint density at radius 1 is 1.25 bits per heavy atom. The normalized spacial score (nSPS) is 24.8. The van der Waals surface area contributed by atoms with Gasteiger partial charge in [0, 0.05) is 6.54 Å². The molecule has 2 atom stereocenters.